The molecule has 0 amide bonds. The van der Waals surface area contributed by atoms with Crippen LogP contribution in [0.3, 0.4) is 0 Å². The number of hydrogen-bond acceptors (Lipinski definition) is 6. The second kappa shape index (κ2) is 19.6. The third-order valence-corrected chi connectivity index (χ3v) is 13.5. The van der Waals surface area contributed by atoms with Gasteiger partial charge in [0.1, 0.15) is 34.5 Å². The molecule has 6 nitrogen and oxygen atoms in total. The summed E-state index contributed by atoms with van der Waals surface area (Å²) < 4.78 is 41.9. The van der Waals surface area contributed by atoms with Crippen LogP contribution in [0.4, 0.5) is 0 Å². The van der Waals surface area contributed by atoms with E-state index in [0.29, 0.717) is 34.5 Å². The maximum atomic E-state index is 7.31. The van der Waals surface area contributed by atoms with Gasteiger partial charge >= 0.3 is 17.2 Å². The standard InChI is InChI=1S/C54H64O6P2/c1-31(2)45-29-37(9)43(15)51(53(45)59-61(55-47-21-17-33(5)25-39(47)11)56-48-22-18-34(6)26-40(48)12)52-44(16)38(10)30-46(32(3)4)54(52)60-62(57-49-23-19-35(7)27-41(49)13)58-50-24-20-36(8)28-42(50)14/h17-32H,1-16H3. The molecule has 0 aliphatic rings. The quantitative estimate of drug-likeness (QED) is 0.0958. The summed E-state index contributed by atoms with van der Waals surface area (Å²) in [5, 5.41) is 0. The summed E-state index contributed by atoms with van der Waals surface area (Å²) in [6.07, 6.45) is 0. The van der Waals surface area contributed by atoms with Crippen molar-refractivity contribution in [3.05, 3.63) is 163 Å². The summed E-state index contributed by atoms with van der Waals surface area (Å²) in [5.74, 6) is 4.42. The first-order valence-electron chi connectivity index (χ1n) is 21.6. The monoisotopic (exact) mass is 870 g/mol. The maximum Gasteiger partial charge on any atom is 0.530 e. The molecule has 6 aromatic carbocycles. The zero-order valence-corrected chi connectivity index (χ0v) is 41.4. The van der Waals surface area contributed by atoms with Gasteiger partial charge in [-0.3, -0.25) is 0 Å². The van der Waals surface area contributed by atoms with Gasteiger partial charge in [-0.2, -0.15) is 0 Å². The average molecular weight is 871 g/mol. The molecule has 8 heteroatoms. The van der Waals surface area contributed by atoms with E-state index in [0.717, 1.165) is 89.0 Å². The van der Waals surface area contributed by atoms with Crippen LogP contribution in [0, 0.1) is 83.1 Å². The molecule has 0 spiro atoms. The summed E-state index contributed by atoms with van der Waals surface area (Å²) in [6.45, 7) is 34.0. The molecular formula is C54H64O6P2. The lowest BCUT2D eigenvalue weighted by atomic mass is 9.84. The SMILES string of the molecule is Cc1ccc(OP(Oc2ccc(C)cc2C)Oc2c(C(C)C)cc(C)c(C)c2-c2c(C)c(C)cc(C(C)C)c2OP(Oc2ccc(C)cc2C)Oc2ccc(C)cc2C)c(C)c1. The lowest BCUT2D eigenvalue weighted by molar-refractivity contribution is 0.380. The van der Waals surface area contributed by atoms with Crippen LogP contribution >= 0.6 is 17.2 Å². The van der Waals surface area contributed by atoms with Crippen molar-refractivity contribution >= 4 is 17.2 Å². The highest BCUT2D eigenvalue weighted by Gasteiger charge is 2.33. The molecule has 0 heterocycles. The van der Waals surface area contributed by atoms with Gasteiger partial charge in [-0.1, -0.05) is 111 Å². The molecule has 0 aliphatic carbocycles. The Morgan fingerprint density at radius 3 is 0.806 bits per heavy atom. The lowest BCUT2D eigenvalue weighted by Crippen LogP contribution is -2.11. The largest absolute Gasteiger partial charge is 0.530 e. The molecule has 62 heavy (non-hydrogen) atoms. The highest BCUT2D eigenvalue weighted by Crippen LogP contribution is 2.56. The average Bonchev–Trinajstić information content (AvgIpc) is 3.19. The topological polar surface area (TPSA) is 55.4 Å². The van der Waals surface area contributed by atoms with Gasteiger partial charge in [-0.15, -0.1) is 0 Å². The molecule has 0 atom stereocenters. The number of aryl methyl sites for hydroxylation is 10. The van der Waals surface area contributed by atoms with Crippen LogP contribution in [0.5, 0.6) is 34.5 Å². The van der Waals surface area contributed by atoms with Crippen molar-refractivity contribution < 1.29 is 27.1 Å². The van der Waals surface area contributed by atoms with E-state index in [2.05, 4.69) is 171 Å². The smallest absolute Gasteiger partial charge is 0.408 e. The fourth-order valence-corrected chi connectivity index (χ4v) is 10.1. The molecule has 0 radical (unpaired) electrons. The van der Waals surface area contributed by atoms with E-state index in [1.165, 1.54) is 0 Å². The van der Waals surface area contributed by atoms with E-state index in [1.54, 1.807) is 0 Å². The van der Waals surface area contributed by atoms with E-state index in [4.69, 9.17) is 27.1 Å². The molecule has 0 N–H and O–H groups in total. The predicted molar refractivity (Wildman–Crippen MR) is 260 cm³/mol. The van der Waals surface area contributed by atoms with Crippen molar-refractivity contribution in [1.29, 1.82) is 0 Å². The minimum atomic E-state index is -2.04. The Bertz CT molecular complexity index is 2310. The van der Waals surface area contributed by atoms with Crippen molar-refractivity contribution in [2.75, 3.05) is 0 Å². The molecule has 0 bridgehead atoms. The van der Waals surface area contributed by atoms with Crippen LogP contribution in [0.2, 0.25) is 0 Å². The van der Waals surface area contributed by atoms with Gasteiger partial charge in [0.25, 0.3) is 0 Å². The van der Waals surface area contributed by atoms with Crippen molar-refractivity contribution in [3.63, 3.8) is 0 Å². The van der Waals surface area contributed by atoms with E-state index in [9.17, 15) is 0 Å². The highest BCUT2D eigenvalue weighted by molar-refractivity contribution is 7.43. The highest BCUT2D eigenvalue weighted by atomic mass is 31.2. The first-order chi connectivity index (χ1) is 29.3. The number of rotatable bonds is 15. The van der Waals surface area contributed by atoms with Crippen molar-refractivity contribution in [1.82, 2.24) is 0 Å². The number of hydrogen-bond donors (Lipinski definition) is 0. The van der Waals surface area contributed by atoms with Gasteiger partial charge < -0.3 is 27.1 Å². The van der Waals surface area contributed by atoms with Crippen LogP contribution < -0.4 is 27.1 Å². The predicted octanol–water partition coefficient (Wildman–Crippen LogP) is 16.8. The fourth-order valence-electron chi connectivity index (χ4n) is 7.68. The minimum Gasteiger partial charge on any atom is -0.408 e. The first kappa shape index (κ1) is 46.5. The van der Waals surface area contributed by atoms with Gasteiger partial charge in [0.2, 0.25) is 0 Å². The zero-order chi connectivity index (χ0) is 45.2. The van der Waals surface area contributed by atoms with Gasteiger partial charge in [0, 0.05) is 11.1 Å². The third-order valence-electron chi connectivity index (χ3n) is 11.5. The molecule has 0 aromatic heterocycles. The van der Waals surface area contributed by atoms with E-state index >= 15 is 0 Å². The van der Waals surface area contributed by atoms with Crippen LogP contribution in [0.1, 0.15) is 117 Å². The van der Waals surface area contributed by atoms with Gasteiger partial charge in [-0.05, 0) is 175 Å². The lowest BCUT2D eigenvalue weighted by Gasteiger charge is -2.29. The van der Waals surface area contributed by atoms with E-state index in [-0.39, 0.29) is 11.8 Å². The molecule has 0 aliphatic heterocycles. The van der Waals surface area contributed by atoms with Gasteiger partial charge in [0.05, 0.1) is 0 Å². The molecule has 6 aromatic rings. The fraction of sp³-hybridized carbons (Fsp3) is 0.333. The third kappa shape index (κ3) is 10.6. The van der Waals surface area contributed by atoms with Gasteiger partial charge in [0.15, 0.2) is 0 Å². The first-order valence-corrected chi connectivity index (χ1v) is 23.8. The molecule has 0 fully saturated rings. The summed E-state index contributed by atoms with van der Waals surface area (Å²) in [6, 6.07) is 29.2. The van der Waals surface area contributed by atoms with Crippen LogP contribution in [-0.4, -0.2) is 0 Å². The molecular weight excluding hydrogens is 807 g/mol. The normalized spacial score (nSPS) is 11.5. The molecule has 0 saturated heterocycles. The molecule has 0 unspecified atom stereocenters. The molecule has 6 rings (SSSR count). The van der Waals surface area contributed by atoms with E-state index < -0.39 is 17.2 Å². The van der Waals surface area contributed by atoms with Gasteiger partial charge in [-0.25, -0.2) is 0 Å². The summed E-state index contributed by atoms with van der Waals surface area (Å²) in [5.41, 5.74) is 17.0. The zero-order valence-electron chi connectivity index (χ0n) is 39.6. The van der Waals surface area contributed by atoms with Crippen molar-refractivity contribution in [3.8, 4) is 45.6 Å². The Labute approximate surface area is 373 Å². The summed E-state index contributed by atoms with van der Waals surface area (Å²) in [4.78, 5) is 0. The van der Waals surface area contributed by atoms with Crippen molar-refractivity contribution in [2.45, 2.75) is 123 Å². The van der Waals surface area contributed by atoms with Crippen LogP contribution in [-0.2, 0) is 0 Å². The minimum absolute atomic E-state index is 0.0963. The Morgan fingerprint density at radius 2 is 0.581 bits per heavy atom. The summed E-state index contributed by atoms with van der Waals surface area (Å²) >= 11 is 0. The Morgan fingerprint density at radius 1 is 0.323 bits per heavy atom. The van der Waals surface area contributed by atoms with Crippen LogP contribution in [0.25, 0.3) is 11.1 Å². The second-order valence-corrected chi connectivity index (χ2v) is 19.6. The second-order valence-electron chi connectivity index (χ2n) is 17.6. The molecule has 326 valence electrons. The summed E-state index contributed by atoms with van der Waals surface area (Å²) in [7, 11) is -4.08. The van der Waals surface area contributed by atoms with Crippen molar-refractivity contribution in [2.24, 2.45) is 0 Å². The molecule has 0 saturated carbocycles. The maximum absolute atomic E-state index is 7.31. The number of benzene rings is 6. The Hall–Kier alpha value is -5.02. The Balaban J connectivity index is 1.60. The Kier molecular flexibility index (Phi) is 14.7. The van der Waals surface area contributed by atoms with Crippen LogP contribution in [0.15, 0.2) is 84.9 Å². The van der Waals surface area contributed by atoms with E-state index in [1.807, 2.05) is 24.3 Å².